The van der Waals surface area contributed by atoms with Gasteiger partial charge in [-0.15, -0.1) is 4.48 Å². The number of halogens is 4. The van der Waals surface area contributed by atoms with E-state index in [2.05, 4.69) is 0 Å². The van der Waals surface area contributed by atoms with E-state index < -0.39 is 45.8 Å². The Hall–Kier alpha value is -4.11. The third-order valence-corrected chi connectivity index (χ3v) is 5.67. The van der Waals surface area contributed by atoms with Crippen LogP contribution in [0.4, 0.5) is 23.2 Å². The number of fused-ring (bicyclic) bond motifs is 1. The molecule has 2 N–H and O–H groups in total. The minimum absolute atomic E-state index is 0.0852. The van der Waals surface area contributed by atoms with E-state index >= 15 is 0 Å². The Kier molecular flexibility index (Phi) is 5.66. The fourth-order valence-corrected chi connectivity index (χ4v) is 4.07. The van der Waals surface area contributed by atoms with Crippen LogP contribution in [0.1, 0.15) is 31.8 Å². The first-order chi connectivity index (χ1) is 16.1. The molecule has 34 heavy (non-hydrogen) atoms. The SMILES string of the molecule is NC(=O)C1C=Cc2ccccc2[N+]1(C(=O)c1ccc(F)cc1)C(=O)c1ccc(C(F)(F)F)cc1. The number of rotatable bonds is 3. The summed E-state index contributed by atoms with van der Waals surface area (Å²) < 4.78 is 51.4. The van der Waals surface area contributed by atoms with Gasteiger partial charge in [0, 0.05) is 11.6 Å². The second kappa shape index (κ2) is 8.35. The highest BCUT2D eigenvalue weighted by Crippen LogP contribution is 2.40. The Balaban J connectivity index is 1.99. The van der Waals surface area contributed by atoms with Crippen LogP contribution in [0.5, 0.6) is 0 Å². The number of benzene rings is 3. The Bertz CT molecular complexity index is 1320. The Morgan fingerprint density at radius 1 is 0.794 bits per heavy atom. The minimum atomic E-state index is -4.63. The molecule has 0 fully saturated rings. The number of hydrogen-bond acceptors (Lipinski definition) is 3. The molecular formula is C25H17F4N2O3+. The zero-order valence-corrected chi connectivity index (χ0v) is 17.4. The molecule has 3 aromatic carbocycles. The van der Waals surface area contributed by atoms with Gasteiger partial charge in [-0.05, 0) is 66.7 Å². The second-order valence-corrected chi connectivity index (χ2v) is 7.68. The van der Waals surface area contributed by atoms with Crippen molar-refractivity contribution in [3.8, 4) is 0 Å². The van der Waals surface area contributed by atoms with Gasteiger partial charge in [-0.1, -0.05) is 12.1 Å². The molecule has 3 aromatic rings. The number of carbonyl (C=O) groups excluding carboxylic acids is 3. The van der Waals surface area contributed by atoms with Crippen molar-refractivity contribution in [2.24, 2.45) is 5.73 Å². The quantitative estimate of drug-likeness (QED) is 0.343. The molecule has 9 heteroatoms. The number of para-hydroxylation sites is 1. The van der Waals surface area contributed by atoms with Crippen molar-refractivity contribution in [2.75, 3.05) is 0 Å². The lowest BCUT2D eigenvalue weighted by Crippen LogP contribution is -2.68. The van der Waals surface area contributed by atoms with E-state index in [9.17, 15) is 31.9 Å². The third-order valence-electron chi connectivity index (χ3n) is 5.67. The lowest BCUT2D eigenvalue weighted by molar-refractivity contribution is -0.137. The van der Waals surface area contributed by atoms with Crippen molar-refractivity contribution >= 4 is 29.5 Å². The predicted molar refractivity (Wildman–Crippen MR) is 117 cm³/mol. The molecule has 172 valence electrons. The number of nitrogens with two attached hydrogens (primary N) is 1. The summed E-state index contributed by atoms with van der Waals surface area (Å²) in [6.45, 7) is 0. The van der Waals surface area contributed by atoms with E-state index in [-0.39, 0.29) is 16.8 Å². The maximum absolute atomic E-state index is 14.0. The van der Waals surface area contributed by atoms with E-state index in [1.54, 1.807) is 24.3 Å². The van der Waals surface area contributed by atoms with Gasteiger partial charge < -0.3 is 5.73 Å². The topological polar surface area (TPSA) is 77.2 Å². The second-order valence-electron chi connectivity index (χ2n) is 7.68. The Morgan fingerprint density at radius 2 is 1.32 bits per heavy atom. The predicted octanol–water partition coefficient (Wildman–Crippen LogP) is 4.71. The molecule has 2 unspecified atom stereocenters. The molecule has 5 nitrogen and oxygen atoms in total. The summed E-state index contributed by atoms with van der Waals surface area (Å²) in [5, 5.41) is 0. The molecule has 0 spiro atoms. The largest absolute Gasteiger partial charge is 0.416 e. The summed E-state index contributed by atoms with van der Waals surface area (Å²) in [6.07, 6.45) is -1.78. The van der Waals surface area contributed by atoms with Crippen molar-refractivity contribution in [3.05, 3.63) is 107 Å². The van der Waals surface area contributed by atoms with Gasteiger partial charge in [0.25, 0.3) is 5.91 Å². The van der Waals surface area contributed by atoms with Crippen LogP contribution >= 0.6 is 0 Å². The van der Waals surface area contributed by atoms with Crippen LogP contribution < -0.4 is 10.2 Å². The first-order valence-corrected chi connectivity index (χ1v) is 10.1. The number of quaternary nitrogens is 1. The van der Waals surface area contributed by atoms with Crippen LogP contribution in [-0.4, -0.2) is 23.8 Å². The maximum Gasteiger partial charge on any atom is 0.416 e. The zero-order valence-electron chi connectivity index (χ0n) is 17.4. The van der Waals surface area contributed by atoms with Gasteiger partial charge in [-0.25, -0.2) is 14.0 Å². The van der Waals surface area contributed by atoms with E-state index in [0.29, 0.717) is 5.56 Å². The Labute approximate surface area is 191 Å². The molecule has 0 aliphatic carbocycles. The minimum Gasteiger partial charge on any atom is -0.364 e. The van der Waals surface area contributed by atoms with Gasteiger partial charge in [-0.2, -0.15) is 13.2 Å². The smallest absolute Gasteiger partial charge is 0.364 e. The van der Waals surface area contributed by atoms with Crippen LogP contribution in [0.3, 0.4) is 0 Å². The monoisotopic (exact) mass is 469 g/mol. The van der Waals surface area contributed by atoms with Crippen LogP contribution in [0.25, 0.3) is 6.08 Å². The molecule has 2 atom stereocenters. The molecule has 0 saturated heterocycles. The van der Waals surface area contributed by atoms with E-state index in [0.717, 1.165) is 48.5 Å². The number of imide groups is 1. The number of primary amides is 1. The molecule has 0 saturated carbocycles. The highest BCUT2D eigenvalue weighted by atomic mass is 19.4. The van der Waals surface area contributed by atoms with Crippen molar-refractivity contribution in [1.29, 1.82) is 0 Å². The number of carbonyl (C=O) groups is 3. The van der Waals surface area contributed by atoms with Crippen molar-refractivity contribution in [1.82, 2.24) is 4.48 Å². The normalized spacial score (nSPS) is 19.4. The molecule has 4 rings (SSSR count). The van der Waals surface area contributed by atoms with Crippen LogP contribution in [-0.2, 0) is 11.0 Å². The fraction of sp³-hybridized carbons (Fsp3) is 0.0800. The summed E-state index contributed by atoms with van der Waals surface area (Å²) in [5.41, 5.74) is 4.87. The van der Waals surface area contributed by atoms with Gasteiger partial charge >= 0.3 is 18.0 Å². The summed E-state index contributed by atoms with van der Waals surface area (Å²) in [6, 6.07) is 12.5. The third kappa shape index (κ3) is 3.69. The fourth-order valence-electron chi connectivity index (χ4n) is 4.07. The molecule has 0 bridgehead atoms. The molecule has 0 radical (unpaired) electrons. The number of alkyl halides is 3. The molecular weight excluding hydrogens is 452 g/mol. The molecule has 1 heterocycles. The average Bonchev–Trinajstić information content (AvgIpc) is 2.82. The summed E-state index contributed by atoms with van der Waals surface area (Å²) in [5.74, 6) is -3.46. The van der Waals surface area contributed by atoms with Crippen LogP contribution in [0.15, 0.2) is 78.9 Å². The molecule has 1 aliphatic heterocycles. The molecule has 0 aromatic heterocycles. The maximum atomic E-state index is 14.0. The summed E-state index contributed by atoms with van der Waals surface area (Å²) in [4.78, 5) is 40.5. The molecule has 1 aliphatic rings. The van der Waals surface area contributed by atoms with Crippen molar-refractivity contribution < 1.29 is 31.9 Å². The van der Waals surface area contributed by atoms with Gasteiger partial charge in [0.2, 0.25) is 6.04 Å². The van der Waals surface area contributed by atoms with Gasteiger partial charge in [0.1, 0.15) is 5.82 Å². The first kappa shape index (κ1) is 23.1. The van der Waals surface area contributed by atoms with E-state index in [1.807, 2.05) is 0 Å². The van der Waals surface area contributed by atoms with Gasteiger partial charge in [0.05, 0.1) is 16.7 Å². The summed E-state index contributed by atoms with van der Waals surface area (Å²) in [7, 11) is 0. The zero-order chi connectivity index (χ0) is 24.7. The Morgan fingerprint density at radius 3 is 1.85 bits per heavy atom. The number of amides is 3. The lowest BCUT2D eigenvalue weighted by atomic mass is 9.94. The average molecular weight is 469 g/mol. The highest BCUT2D eigenvalue weighted by Gasteiger charge is 2.57. The lowest BCUT2D eigenvalue weighted by Gasteiger charge is -2.39. The first-order valence-electron chi connectivity index (χ1n) is 10.1. The van der Waals surface area contributed by atoms with E-state index in [4.69, 9.17) is 5.73 Å². The molecule has 3 amide bonds. The highest BCUT2D eigenvalue weighted by molar-refractivity contribution is 6.24. The van der Waals surface area contributed by atoms with Crippen LogP contribution in [0, 0.1) is 5.82 Å². The number of hydrogen-bond donors (Lipinski definition) is 1. The van der Waals surface area contributed by atoms with Crippen molar-refractivity contribution in [2.45, 2.75) is 12.2 Å². The van der Waals surface area contributed by atoms with Gasteiger partial charge in [0.15, 0.2) is 5.69 Å². The van der Waals surface area contributed by atoms with Crippen molar-refractivity contribution in [3.63, 3.8) is 0 Å². The summed E-state index contributed by atoms with van der Waals surface area (Å²) >= 11 is 0. The standard InChI is InChI=1S/C25H16F4N2O3/c26-19-12-7-17(8-13-19)24(34)31(23(33)16-5-10-18(11-6-16)25(27,28)29)20-4-2-1-3-15(20)9-14-21(31)22(30)32/h1-14,21H,(H-,30,32)/p+1. The van der Waals surface area contributed by atoms with E-state index in [1.165, 1.54) is 12.1 Å². The van der Waals surface area contributed by atoms with Gasteiger partial charge in [-0.3, -0.25) is 4.79 Å². The van der Waals surface area contributed by atoms with Crippen LogP contribution in [0.2, 0.25) is 0 Å². The number of nitrogens with zero attached hydrogens (tertiary/aromatic N) is 1.